The number of carbonyl (C=O) groups is 1. The van der Waals surface area contributed by atoms with Gasteiger partial charge in [0.15, 0.2) is 0 Å². The van der Waals surface area contributed by atoms with Crippen LogP contribution in [0.1, 0.15) is 25.3 Å². The summed E-state index contributed by atoms with van der Waals surface area (Å²) in [6, 6.07) is 11.0. The molecule has 0 saturated heterocycles. The second-order valence-electron chi connectivity index (χ2n) is 5.24. The van der Waals surface area contributed by atoms with Crippen molar-refractivity contribution in [1.29, 1.82) is 0 Å². The van der Waals surface area contributed by atoms with Gasteiger partial charge in [0.1, 0.15) is 5.75 Å². The summed E-state index contributed by atoms with van der Waals surface area (Å²) in [5.74, 6) is 0.519. The topological polar surface area (TPSA) is 38.3 Å². The highest BCUT2D eigenvalue weighted by Gasteiger charge is 2.07. The molecule has 0 unspecified atom stereocenters. The molecule has 0 aliphatic heterocycles. The van der Waals surface area contributed by atoms with Crippen LogP contribution in [0.3, 0.4) is 0 Å². The summed E-state index contributed by atoms with van der Waals surface area (Å²) in [6.07, 6.45) is 1.92. The van der Waals surface area contributed by atoms with Gasteiger partial charge in [0.25, 0.3) is 0 Å². The van der Waals surface area contributed by atoms with Gasteiger partial charge in [-0.25, -0.2) is 0 Å². The van der Waals surface area contributed by atoms with Crippen molar-refractivity contribution >= 4 is 50.7 Å². The van der Waals surface area contributed by atoms with E-state index in [0.29, 0.717) is 35.2 Å². The Morgan fingerprint density at radius 3 is 2.67 bits per heavy atom. The van der Waals surface area contributed by atoms with E-state index in [1.807, 2.05) is 18.2 Å². The first-order valence-corrected chi connectivity index (χ1v) is 9.20. The monoisotopic (exact) mass is 429 g/mol. The van der Waals surface area contributed by atoms with Crippen LogP contribution in [0.15, 0.2) is 40.9 Å². The largest absolute Gasteiger partial charge is 0.492 e. The van der Waals surface area contributed by atoms with Crippen molar-refractivity contribution in [1.82, 2.24) is 0 Å². The molecule has 2 rings (SSSR count). The van der Waals surface area contributed by atoms with Crippen LogP contribution in [0.4, 0.5) is 5.69 Å². The highest BCUT2D eigenvalue weighted by atomic mass is 79.9. The number of hydrogen-bond acceptors (Lipinski definition) is 2. The van der Waals surface area contributed by atoms with Crippen molar-refractivity contribution in [3.8, 4) is 5.75 Å². The first-order valence-electron chi connectivity index (χ1n) is 7.65. The minimum Gasteiger partial charge on any atom is -0.492 e. The van der Waals surface area contributed by atoms with Crippen molar-refractivity contribution in [2.75, 3.05) is 11.9 Å². The van der Waals surface area contributed by atoms with Crippen LogP contribution >= 0.6 is 39.1 Å². The maximum atomic E-state index is 12.0. The molecule has 0 aliphatic carbocycles. The summed E-state index contributed by atoms with van der Waals surface area (Å²) in [5, 5.41) is 3.92. The molecule has 0 fully saturated rings. The maximum Gasteiger partial charge on any atom is 0.224 e. The van der Waals surface area contributed by atoms with Crippen molar-refractivity contribution in [3.63, 3.8) is 0 Å². The molecule has 0 saturated carbocycles. The van der Waals surface area contributed by atoms with E-state index in [1.54, 1.807) is 18.2 Å². The number of benzene rings is 2. The summed E-state index contributed by atoms with van der Waals surface area (Å²) in [7, 11) is 0. The summed E-state index contributed by atoms with van der Waals surface area (Å²) in [5.41, 5.74) is 1.99. The number of carbonyl (C=O) groups excluding carboxylic acids is 1. The molecule has 24 heavy (non-hydrogen) atoms. The Kier molecular flexibility index (Phi) is 7.40. The third kappa shape index (κ3) is 5.69. The minimum atomic E-state index is -0.0502. The molecule has 0 radical (unpaired) electrons. The Labute approximate surface area is 160 Å². The quantitative estimate of drug-likeness (QED) is 0.537. The molecule has 2 aromatic carbocycles. The average molecular weight is 431 g/mol. The third-order valence-electron chi connectivity index (χ3n) is 3.42. The van der Waals surface area contributed by atoms with Gasteiger partial charge in [-0.05, 0) is 64.7 Å². The Hall–Kier alpha value is -1.23. The van der Waals surface area contributed by atoms with Gasteiger partial charge in [0.05, 0.1) is 17.3 Å². The van der Waals surface area contributed by atoms with Crippen molar-refractivity contribution < 1.29 is 9.53 Å². The molecule has 0 aliphatic rings. The molecule has 6 heteroatoms. The summed E-state index contributed by atoms with van der Waals surface area (Å²) >= 11 is 15.3. The van der Waals surface area contributed by atoms with Gasteiger partial charge < -0.3 is 10.1 Å². The van der Waals surface area contributed by atoms with E-state index in [4.69, 9.17) is 27.9 Å². The van der Waals surface area contributed by atoms with Crippen LogP contribution in [-0.4, -0.2) is 12.5 Å². The molecular formula is C18H18BrCl2NO2. The zero-order valence-corrected chi connectivity index (χ0v) is 16.3. The van der Waals surface area contributed by atoms with E-state index >= 15 is 0 Å². The fraction of sp³-hybridized carbons (Fsp3) is 0.278. The number of aryl methyl sites for hydroxylation is 1. The molecule has 0 bridgehead atoms. The second-order valence-corrected chi connectivity index (χ2v) is 6.94. The van der Waals surface area contributed by atoms with E-state index in [-0.39, 0.29) is 5.91 Å². The fourth-order valence-corrected chi connectivity index (χ4v) is 3.09. The number of rotatable bonds is 7. The zero-order valence-electron chi connectivity index (χ0n) is 13.2. The number of ether oxygens (including phenoxy) is 1. The lowest BCUT2D eigenvalue weighted by Gasteiger charge is -2.10. The smallest absolute Gasteiger partial charge is 0.224 e. The van der Waals surface area contributed by atoms with E-state index in [9.17, 15) is 4.79 Å². The summed E-state index contributed by atoms with van der Waals surface area (Å²) in [4.78, 5) is 12.0. The zero-order chi connectivity index (χ0) is 17.5. The van der Waals surface area contributed by atoms with Crippen molar-refractivity contribution in [2.24, 2.45) is 0 Å². The van der Waals surface area contributed by atoms with Gasteiger partial charge in [-0.2, -0.15) is 0 Å². The predicted molar refractivity (Wildman–Crippen MR) is 103 cm³/mol. The molecule has 0 aromatic heterocycles. The van der Waals surface area contributed by atoms with Crippen LogP contribution in [0.5, 0.6) is 5.75 Å². The lowest BCUT2D eigenvalue weighted by Crippen LogP contribution is -2.13. The fourth-order valence-electron chi connectivity index (χ4n) is 2.10. The lowest BCUT2D eigenvalue weighted by molar-refractivity contribution is -0.116. The molecule has 1 amide bonds. The van der Waals surface area contributed by atoms with Gasteiger partial charge in [-0.15, -0.1) is 0 Å². The number of halogens is 3. The second kappa shape index (κ2) is 9.30. The Morgan fingerprint density at radius 2 is 2.00 bits per heavy atom. The molecule has 0 spiro atoms. The SMILES string of the molecule is CCc1ccc(NC(=O)CCCOc2ccc(Cl)cc2Cl)c(Br)c1. The number of amides is 1. The van der Waals surface area contributed by atoms with E-state index in [2.05, 4.69) is 28.2 Å². The molecule has 128 valence electrons. The normalized spacial score (nSPS) is 10.5. The molecule has 3 nitrogen and oxygen atoms in total. The Balaban J connectivity index is 1.77. The van der Waals surface area contributed by atoms with Crippen molar-refractivity contribution in [3.05, 3.63) is 56.5 Å². The summed E-state index contributed by atoms with van der Waals surface area (Å²) in [6.45, 7) is 2.50. The first kappa shape index (κ1) is 19.1. The van der Waals surface area contributed by atoms with Crippen molar-refractivity contribution in [2.45, 2.75) is 26.2 Å². The molecular weight excluding hydrogens is 413 g/mol. The van der Waals surface area contributed by atoms with Gasteiger partial charge in [0.2, 0.25) is 5.91 Å². The Bertz CT molecular complexity index is 722. The minimum absolute atomic E-state index is 0.0502. The molecule has 2 aromatic rings. The van der Waals surface area contributed by atoms with Gasteiger partial charge in [0, 0.05) is 15.9 Å². The highest BCUT2D eigenvalue weighted by Crippen LogP contribution is 2.27. The number of hydrogen-bond donors (Lipinski definition) is 1. The number of nitrogens with one attached hydrogen (secondary N) is 1. The van der Waals surface area contributed by atoms with Crippen LogP contribution in [0.25, 0.3) is 0 Å². The Morgan fingerprint density at radius 1 is 1.21 bits per heavy atom. The van der Waals surface area contributed by atoms with Gasteiger partial charge in [-0.3, -0.25) is 4.79 Å². The molecule has 1 N–H and O–H groups in total. The van der Waals surface area contributed by atoms with Crippen LogP contribution in [0, 0.1) is 0 Å². The maximum absolute atomic E-state index is 12.0. The average Bonchev–Trinajstić information content (AvgIpc) is 2.55. The molecule has 0 heterocycles. The standard InChI is InChI=1S/C18H18BrCl2NO2/c1-2-12-5-7-16(14(19)10-12)22-18(23)4-3-9-24-17-8-6-13(20)11-15(17)21/h5-8,10-11H,2-4,9H2,1H3,(H,22,23). The van der Waals surface area contributed by atoms with Gasteiger partial charge in [-0.1, -0.05) is 36.2 Å². The van der Waals surface area contributed by atoms with Crippen LogP contribution in [0.2, 0.25) is 10.0 Å². The number of anilines is 1. The lowest BCUT2D eigenvalue weighted by atomic mass is 10.1. The third-order valence-corrected chi connectivity index (χ3v) is 4.60. The van der Waals surface area contributed by atoms with E-state index in [1.165, 1.54) is 5.56 Å². The van der Waals surface area contributed by atoms with Crippen LogP contribution < -0.4 is 10.1 Å². The highest BCUT2D eigenvalue weighted by molar-refractivity contribution is 9.10. The summed E-state index contributed by atoms with van der Waals surface area (Å²) < 4.78 is 6.45. The van der Waals surface area contributed by atoms with E-state index < -0.39 is 0 Å². The molecule has 0 atom stereocenters. The van der Waals surface area contributed by atoms with Crippen LogP contribution in [-0.2, 0) is 11.2 Å². The van der Waals surface area contributed by atoms with Gasteiger partial charge >= 0.3 is 0 Å². The van der Waals surface area contributed by atoms with E-state index in [0.717, 1.165) is 16.6 Å². The first-order chi connectivity index (χ1) is 11.5. The predicted octanol–water partition coefficient (Wildman–Crippen LogP) is 6.12.